The van der Waals surface area contributed by atoms with Crippen LogP contribution in [0.1, 0.15) is 42.7 Å². The standard InChI is InChI=1S/C21H25N3O3/c1-14(2)27-19-9-7-16(8-10-19)15(3)23-20(25)17-5-4-6-18(13-17)24-12-11-22-21(24)26/h4-10,13-15H,11-12H2,1-3H3,(H,22,26)(H,23,25). The third-order valence-electron chi connectivity index (χ3n) is 4.38. The topological polar surface area (TPSA) is 70.7 Å². The van der Waals surface area contributed by atoms with Gasteiger partial charge in [0.25, 0.3) is 5.91 Å². The lowest BCUT2D eigenvalue weighted by Gasteiger charge is -2.18. The quantitative estimate of drug-likeness (QED) is 0.821. The minimum Gasteiger partial charge on any atom is -0.491 e. The number of benzene rings is 2. The summed E-state index contributed by atoms with van der Waals surface area (Å²) in [6, 6.07) is 14.5. The molecule has 142 valence electrons. The molecule has 0 aliphatic carbocycles. The van der Waals surface area contributed by atoms with Gasteiger partial charge in [-0.1, -0.05) is 18.2 Å². The molecule has 1 fully saturated rings. The largest absolute Gasteiger partial charge is 0.491 e. The molecule has 1 saturated heterocycles. The maximum absolute atomic E-state index is 12.6. The molecular formula is C21H25N3O3. The van der Waals surface area contributed by atoms with Crippen molar-refractivity contribution in [1.82, 2.24) is 10.6 Å². The number of anilines is 1. The van der Waals surface area contributed by atoms with Crippen molar-refractivity contribution in [1.29, 1.82) is 0 Å². The van der Waals surface area contributed by atoms with Crippen molar-refractivity contribution in [2.45, 2.75) is 32.9 Å². The number of ether oxygens (including phenoxy) is 1. The number of carbonyl (C=O) groups is 2. The zero-order valence-electron chi connectivity index (χ0n) is 15.9. The lowest BCUT2D eigenvalue weighted by molar-refractivity contribution is 0.0940. The van der Waals surface area contributed by atoms with Crippen LogP contribution in [-0.4, -0.2) is 31.1 Å². The van der Waals surface area contributed by atoms with Crippen LogP contribution < -0.4 is 20.3 Å². The second kappa shape index (κ2) is 8.12. The van der Waals surface area contributed by atoms with Gasteiger partial charge in [-0.3, -0.25) is 9.69 Å². The first kappa shape index (κ1) is 18.8. The first-order valence-corrected chi connectivity index (χ1v) is 9.17. The molecule has 0 saturated carbocycles. The van der Waals surface area contributed by atoms with E-state index in [1.807, 2.05) is 51.1 Å². The Morgan fingerprint density at radius 1 is 1.15 bits per heavy atom. The molecule has 0 spiro atoms. The fourth-order valence-electron chi connectivity index (χ4n) is 3.00. The average Bonchev–Trinajstić information content (AvgIpc) is 3.08. The molecule has 3 rings (SSSR count). The van der Waals surface area contributed by atoms with Crippen LogP contribution in [0.15, 0.2) is 48.5 Å². The van der Waals surface area contributed by atoms with Gasteiger partial charge in [0.2, 0.25) is 0 Å². The van der Waals surface area contributed by atoms with Gasteiger partial charge in [0.15, 0.2) is 0 Å². The Bertz CT molecular complexity index is 818. The second-order valence-electron chi connectivity index (χ2n) is 6.86. The van der Waals surface area contributed by atoms with Crippen LogP contribution in [0.2, 0.25) is 0 Å². The van der Waals surface area contributed by atoms with Gasteiger partial charge in [-0.2, -0.15) is 0 Å². The third kappa shape index (κ3) is 4.58. The van der Waals surface area contributed by atoms with E-state index in [2.05, 4.69) is 10.6 Å². The molecule has 1 aliphatic rings. The summed E-state index contributed by atoms with van der Waals surface area (Å²) in [5.74, 6) is 0.635. The Labute approximate surface area is 159 Å². The van der Waals surface area contributed by atoms with Gasteiger partial charge in [0.05, 0.1) is 12.1 Å². The van der Waals surface area contributed by atoms with Crippen LogP contribution in [0.5, 0.6) is 5.75 Å². The molecule has 0 bridgehead atoms. The van der Waals surface area contributed by atoms with Gasteiger partial charge in [-0.25, -0.2) is 4.79 Å². The lowest BCUT2D eigenvalue weighted by Crippen LogP contribution is -2.29. The second-order valence-corrected chi connectivity index (χ2v) is 6.86. The van der Waals surface area contributed by atoms with E-state index < -0.39 is 0 Å². The minimum atomic E-state index is -0.175. The molecule has 27 heavy (non-hydrogen) atoms. The fraction of sp³-hybridized carbons (Fsp3) is 0.333. The first-order valence-electron chi connectivity index (χ1n) is 9.17. The van der Waals surface area contributed by atoms with Crippen LogP contribution in [-0.2, 0) is 0 Å². The highest BCUT2D eigenvalue weighted by atomic mass is 16.5. The number of hydrogen-bond acceptors (Lipinski definition) is 3. The molecule has 1 unspecified atom stereocenters. The summed E-state index contributed by atoms with van der Waals surface area (Å²) in [5, 5.41) is 5.77. The van der Waals surface area contributed by atoms with Gasteiger partial charge in [-0.05, 0) is 56.7 Å². The molecule has 1 aliphatic heterocycles. The number of nitrogens with zero attached hydrogens (tertiary/aromatic N) is 1. The number of amides is 3. The van der Waals surface area contributed by atoms with Crippen LogP contribution in [0.4, 0.5) is 10.5 Å². The van der Waals surface area contributed by atoms with Crippen molar-refractivity contribution >= 4 is 17.6 Å². The van der Waals surface area contributed by atoms with Crippen molar-refractivity contribution in [2.75, 3.05) is 18.0 Å². The predicted octanol–water partition coefficient (Wildman–Crippen LogP) is 3.49. The first-order chi connectivity index (χ1) is 12.9. The molecule has 2 aromatic rings. The fourth-order valence-corrected chi connectivity index (χ4v) is 3.00. The summed E-state index contributed by atoms with van der Waals surface area (Å²) in [6.45, 7) is 7.12. The number of hydrogen-bond donors (Lipinski definition) is 2. The molecule has 2 N–H and O–H groups in total. The van der Waals surface area contributed by atoms with Crippen LogP contribution in [0.3, 0.4) is 0 Å². The molecule has 2 aromatic carbocycles. The Hall–Kier alpha value is -3.02. The van der Waals surface area contributed by atoms with Gasteiger partial charge in [0, 0.05) is 24.3 Å². The molecule has 0 aromatic heterocycles. The van der Waals surface area contributed by atoms with E-state index in [1.165, 1.54) is 0 Å². The Morgan fingerprint density at radius 3 is 2.52 bits per heavy atom. The molecule has 1 atom stereocenters. The Kier molecular flexibility index (Phi) is 5.64. The zero-order valence-corrected chi connectivity index (χ0v) is 15.9. The van der Waals surface area contributed by atoms with E-state index in [0.29, 0.717) is 18.7 Å². The van der Waals surface area contributed by atoms with Crippen LogP contribution >= 0.6 is 0 Å². The normalized spacial score (nSPS) is 14.8. The summed E-state index contributed by atoms with van der Waals surface area (Å²) in [7, 11) is 0. The van der Waals surface area contributed by atoms with E-state index in [-0.39, 0.29) is 24.1 Å². The minimum absolute atomic E-state index is 0.123. The summed E-state index contributed by atoms with van der Waals surface area (Å²) in [5.41, 5.74) is 2.24. The third-order valence-corrected chi connectivity index (χ3v) is 4.38. The molecule has 0 radical (unpaired) electrons. The molecular weight excluding hydrogens is 342 g/mol. The van der Waals surface area contributed by atoms with Crippen LogP contribution in [0, 0.1) is 0 Å². The Morgan fingerprint density at radius 2 is 1.89 bits per heavy atom. The molecule has 3 amide bonds. The SMILES string of the molecule is CC(C)Oc1ccc(C(C)NC(=O)c2cccc(N3CCNC3=O)c2)cc1. The highest BCUT2D eigenvalue weighted by Crippen LogP contribution is 2.21. The van der Waals surface area contributed by atoms with Gasteiger partial charge >= 0.3 is 6.03 Å². The number of rotatable bonds is 6. The summed E-state index contributed by atoms with van der Waals surface area (Å²) < 4.78 is 5.65. The number of urea groups is 1. The molecule has 6 heteroatoms. The van der Waals surface area contributed by atoms with Crippen molar-refractivity contribution < 1.29 is 14.3 Å². The average molecular weight is 367 g/mol. The Balaban J connectivity index is 1.67. The zero-order chi connectivity index (χ0) is 19.4. The molecule has 6 nitrogen and oxygen atoms in total. The lowest BCUT2D eigenvalue weighted by atomic mass is 10.1. The highest BCUT2D eigenvalue weighted by molar-refractivity contribution is 5.98. The van der Waals surface area contributed by atoms with E-state index in [9.17, 15) is 9.59 Å². The van der Waals surface area contributed by atoms with Crippen molar-refractivity contribution in [3.63, 3.8) is 0 Å². The predicted molar refractivity (Wildman–Crippen MR) is 105 cm³/mol. The highest BCUT2D eigenvalue weighted by Gasteiger charge is 2.22. The maximum Gasteiger partial charge on any atom is 0.321 e. The van der Waals surface area contributed by atoms with Gasteiger partial charge in [-0.15, -0.1) is 0 Å². The smallest absolute Gasteiger partial charge is 0.321 e. The van der Waals surface area contributed by atoms with E-state index in [0.717, 1.165) is 17.0 Å². The van der Waals surface area contributed by atoms with Gasteiger partial charge < -0.3 is 15.4 Å². The molecule has 1 heterocycles. The van der Waals surface area contributed by atoms with Gasteiger partial charge in [0.1, 0.15) is 5.75 Å². The van der Waals surface area contributed by atoms with Crippen molar-refractivity contribution in [3.05, 3.63) is 59.7 Å². The monoisotopic (exact) mass is 367 g/mol. The summed E-state index contributed by atoms with van der Waals surface area (Å²) in [4.78, 5) is 26.1. The van der Waals surface area contributed by atoms with Crippen LogP contribution in [0.25, 0.3) is 0 Å². The maximum atomic E-state index is 12.6. The number of nitrogens with one attached hydrogen (secondary N) is 2. The van der Waals surface area contributed by atoms with E-state index in [1.54, 1.807) is 23.1 Å². The summed E-state index contributed by atoms with van der Waals surface area (Å²) in [6.07, 6.45) is 0.123. The van der Waals surface area contributed by atoms with E-state index >= 15 is 0 Å². The number of carbonyl (C=O) groups excluding carboxylic acids is 2. The van der Waals surface area contributed by atoms with Crippen molar-refractivity contribution in [2.24, 2.45) is 0 Å². The van der Waals surface area contributed by atoms with E-state index in [4.69, 9.17) is 4.74 Å². The van der Waals surface area contributed by atoms with Crippen molar-refractivity contribution in [3.8, 4) is 5.75 Å². The summed E-state index contributed by atoms with van der Waals surface area (Å²) >= 11 is 0.